The molecular weight excluding hydrogens is 410 g/mol. The van der Waals surface area contributed by atoms with Crippen molar-refractivity contribution in [3.63, 3.8) is 0 Å². The van der Waals surface area contributed by atoms with Gasteiger partial charge < -0.3 is 5.32 Å². The molecule has 1 aliphatic carbocycles. The van der Waals surface area contributed by atoms with Gasteiger partial charge in [0.1, 0.15) is 27.2 Å². The summed E-state index contributed by atoms with van der Waals surface area (Å²) >= 11 is 3.06. The predicted molar refractivity (Wildman–Crippen MR) is 114 cm³/mol. The highest BCUT2D eigenvalue weighted by atomic mass is 32.1. The maximum atomic E-state index is 14.1. The zero-order valence-corrected chi connectivity index (χ0v) is 16.9. The highest BCUT2D eigenvalue weighted by Crippen LogP contribution is 2.46. The third-order valence-electron chi connectivity index (χ3n) is 5.10. The number of nitrogens with one attached hydrogen (secondary N) is 1. The third kappa shape index (κ3) is 3.24. The van der Waals surface area contributed by atoms with E-state index in [1.807, 2.05) is 24.3 Å². The van der Waals surface area contributed by atoms with Crippen LogP contribution in [0.15, 0.2) is 42.5 Å². The van der Waals surface area contributed by atoms with Crippen molar-refractivity contribution >= 4 is 43.8 Å². The number of nitrogens with zero attached hydrogens (tertiary/aromatic N) is 1. The summed E-state index contributed by atoms with van der Waals surface area (Å²) in [6.07, 6.45) is 4.04. The normalized spacial score (nSPS) is 13.4. The summed E-state index contributed by atoms with van der Waals surface area (Å²) in [4.78, 5) is 18.7. The number of halogens is 2. The van der Waals surface area contributed by atoms with Crippen molar-refractivity contribution in [3.05, 3.63) is 70.1 Å². The number of carbonyl (C=O) groups excluding carboxylic acids is 1. The number of benzene rings is 2. The van der Waals surface area contributed by atoms with Gasteiger partial charge in [-0.1, -0.05) is 18.2 Å². The van der Waals surface area contributed by atoms with Crippen LogP contribution < -0.4 is 5.32 Å². The number of carbonyl (C=O) groups is 1. The summed E-state index contributed by atoms with van der Waals surface area (Å²) in [6.45, 7) is 0. The smallest absolute Gasteiger partial charge is 0.262 e. The molecule has 3 nitrogen and oxygen atoms in total. The fourth-order valence-electron chi connectivity index (χ4n) is 3.74. The highest BCUT2D eigenvalue weighted by Gasteiger charge is 2.26. The molecule has 0 unspecified atom stereocenters. The summed E-state index contributed by atoms with van der Waals surface area (Å²) < 4.78 is 29.2. The van der Waals surface area contributed by atoms with Crippen LogP contribution in [-0.4, -0.2) is 10.9 Å². The number of anilines is 1. The Morgan fingerprint density at radius 3 is 2.52 bits per heavy atom. The SMILES string of the molecule is O=C(Nc1sc2c(c1-c1nc3ccccc3s1)CCCC2)c1c(F)cccc1F. The van der Waals surface area contributed by atoms with Gasteiger partial charge in [0.25, 0.3) is 5.91 Å². The lowest BCUT2D eigenvalue weighted by atomic mass is 9.95. The van der Waals surface area contributed by atoms with Crippen LogP contribution in [0.25, 0.3) is 20.8 Å². The van der Waals surface area contributed by atoms with E-state index in [0.717, 1.165) is 58.6 Å². The molecule has 5 rings (SSSR count). The Hall–Kier alpha value is -2.64. The topological polar surface area (TPSA) is 42.0 Å². The first kappa shape index (κ1) is 18.4. The van der Waals surface area contributed by atoms with E-state index in [-0.39, 0.29) is 0 Å². The van der Waals surface area contributed by atoms with Crippen molar-refractivity contribution in [1.82, 2.24) is 4.98 Å². The summed E-state index contributed by atoms with van der Waals surface area (Å²) in [7, 11) is 0. The largest absolute Gasteiger partial charge is 0.313 e. The Morgan fingerprint density at radius 1 is 0.966 bits per heavy atom. The molecule has 4 aromatic rings. The van der Waals surface area contributed by atoms with Crippen molar-refractivity contribution in [1.29, 1.82) is 0 Å². The molecule has 146 valence electrons. The second kappa shape index (κ2) is 7.31. The minimum Gasteiger partial charge on any atom is -0.313 e. The number of fused-ring (bicyclic) bond motifs is 2. The molecule has 1 N–H and O–H groups in total. The summed E-state index contributed by atoms with van der Waals surface area (Å²) in [5.41, 5.74) is 2.44. The standard InChI is InChI=1S/C22H16F2N2OS2/c23-13-7-5-8-14(24)19(13)20(27)26-22-18(12-6-1-3-10-16(12)28-22)21-25-15-9-2-4-11-17(15)29-21/h2,4-5,7-9,11H,1,3,6,10H2,(H,26,27). The minimum atomic E-state index is -0.870. The van der Waals surface area contributed by atoms with Gasteiger partial charge in [0.2, 0.25) is 0 Å². The second-order valence-electron chi connectivity index (χ2n) is 6.95. The average molecular weight is 427 g/mol. The molecule has 29 heavy (non-hydrogen) atoms. The van der Waals surface area contributed by atoms with Crippen LogP contribution in [0, 0.1) is 11.6 Å². The molecule has 1 amide bonds. The van der Waals surface area contributed by atoms with Gasteiger partial charge in [-0.05, 0) is 55.5 Å². The van der Waals surface area contributed by atoms with E-state index in [0.29, 0.717) is 5.00 Å². The van der Waals surface area contributed by atoms with Crippen molar-refractivity contribution in [3.8, 4) is 10.6 Å². The Balaban J connectivity index is 1.61. The van der Waals surface area contributed by atoms with Crippen LogP contribution >= 0.6 is 22.7 Å². The number of amides is 1. The maximum absolute atomic E-state index is 14.1. The molecule has 0 saturated heterocycles. The number of thiazole rings is 1. The average Bonchev–Trinajstić information content (AvgIpc) is 3.28. The van der Waals surface area contributed by atoms with Crippen LogP contribution in [0.5, 0.6) is 0 Å². The first-order valence-electron chi connectivity index (χ1n) is 9.37. The fraction of sp³-hybridized carbons (Fsp3) is 0.182. The second-order valence-corrected chi connectivity index (χ2v) is 9.09. The Bertz CT molecular complexity index is 1190. The van der Waals surface area contributed by atoms with Gasteiger partial charge in [0.15, 0.2) is 0 Å². The van der Waals surface area contributed by atoms with Gasteiger partial charge in [-0.25, -0.2) is 13.8 Å². The van der Waals surface area contributed by atoms with Crippen molar-refractivity contribution < 1.29 is 13.6 Å². The Kier molecular flexibility index (Phi) is 4.64. The molecule has 0 radical (unpaired) electrons. The molecule has 0 spiro atoms. The molecule has 0 aliphatic heterocycles. The van der Waals surface area contributed by atoms with Gasteiger partial charge in [0, 0.05) is 10.4 Å². The van der Waals surface area contributed by atoms with Crippen LogP contribution in [0.2, 0.25) is 0 Å². The van der Waals surface area contributed by atoms with E-state index in [1.165, 1.54) is 27.8 Å². The molecule has 0 atom stereocenters. The monoisotopic (exact) mass is 426 g/mol. The third-order valence-corrected chi connectivity index (χ3v) is 7.36. The zero-order chi connectivity index (χ0) is 20.0. The summed E-state index contributed by atoms with van der Waals surface area (Å²) in [5, 5.41) is 4.22. The Morgan fingerprint density at radius 2 is 1.72 bits per heavy atom. The van der Waals surface area contributed by atoms with E-state index in [2.05, 4.69) is 5.32 Å². The molecule has 2 aromatic carbocycles. The van der Waals surface area contributed by atoms with Crippen LogP contribution in [-0.2, 0) is 12.8 Å². The van der Waals surface area contributed by atoms with E-state index in [9.17, 15) is 13.6 Å². The van der Waals surface area contributed by atoms with Gasteiger partial charge >= 0.3 is 0 Å². The quantitative estimate of drug-likeness (QED) is 0.410. The molecular formula is C22H16F2N2OS2. The number of rotatable bonds is 3. The van der Waals surface area contributed by atoms with Crippen molar-refractivity contribution in [2.24, 2.45) is 0 Å². The lowest BCUT2D eigenvalue weighted by molar-refractivity contribution is 0.101. The molecule has 0 bridgehead atoms. The van der Waals surface area contributed by atoms with E-state index >= 15 is 0 Å². The van der Waals surface area contributed by atoms with Gasteiger partial charge in [0.05, 0.1) is 10.2 Å². The van der Waals surface area contributed by atoms with E-state index in [1.54, 1.807) is 11.3 Å². The molecule has 2 heterocycles. The first-order valence-corrected chi connectivity index (χ1v) is 11.0. The molecule has 2 aromatic heterocycles. The van der Waals surface area contributed by atoms with Crippen LogP contribution in [0.1, 0.15) is 33.6 Å². The summed E-state index contributed by atoms with van der Waals surface area (Å²) in [5.74, 6) is -2.52. The zero-order valence-electron chi connectivity index (χ0n) is 15.3. The predicted octanol–water partition coefficient (Wildman–Crippen LogP) is 6.43. The fourth-order valence-corrected chi connectivity index (χ4v) is 6.13. The minimum absolute atomic E-state index is 0.561. The Labute approximate surface area is 174 Å². The van der Waals surface area contributed by atoms with Crippen LogP contribution in [0.3, 0.4) is 0 Å². The lowest BCUT2D eigenvalue weighted by Crippen LogP contribution is -2.15. The summed E-state index contributed by atoms with van der Waals surface area (Å²) in [6, 6.07) is 11.3. The first-order chi connectivity index (χ1) is 14.1. The van der Waals surface area contributed by atoms with Gasteiger partial charge in [-0.2, -0.15) is 0 Å². The van der Waals surface area contributed by atoms with E-state index < -0.39 is 23.1 Å². The number of aromatic nitrogens is 1. The number of aryl methyl sites for hydroxylation is 1. The molecule has 0 saturated carbocycles. The number of hydrogen-bond acceptors (Lipinski definition) is 4. The van der Waals surface area contributed by atoms with Gasteiger partial charge in [-0.15, -0.1) is 22.7 Å². The van der Waals surface area contributed by atoms with E-state index in [4.69, 9.17) is 4.98 Å². The molecule has 7 heteroatoms. The maximum Gasteiger partial charge on any atom is 0.262 e. The molecule has 1 aliphatic rings. The number of para-hydroxylation sites is 1. The number of hydrogen-bond donors (Lipinski definition) is 1. The van der Waals surface area contributed by atoms with Crippen molar-refractivity contribution in [2.75, 3.05) is 5.32 Å². The molecule has 0 fully saturated rings. The van der Waals surface area contributed by atoms with Gasteiger partial charge in [-0.3, -0.25) is 4.79 Å². The van der Waals surface area contributed by atoms with Crippen molar-refractivity contribution in [2.45, 2.75) is 25.7 Å². The highest BCUT2D eigenvalue weighted by molar-refractivity contribution is 7.23. The van der Waals surface area contributed by atoms with Crippen LogP contribution in [0.4, 0.5) is 13.8 Å². The lowest BCUT2D eigenvalue weighted by Gasteiger charge is -2.12. The number of thiophene rings is 1.